The minimum absolute atomic E-state index is 0.0300. The fraction of sp³-hybridized carbons (Fsp3) is 0.308. The van der Waals surface area contributed by atoms with Crippen molar-refractivity contribution in [2.24, 2.45) is 0 Å². The summed E-state index contributed by atoms with van der Waals surface area (Å²) in [6.07, 6.45) is 3.95. The van der Waals surface area contributed by atoms with Crippen LogP contribution in [0.15, 0.2) is 83.5 Å². The molecule has 1 aliphatic heterocycles. The van der Waals surface area contributed by atoms with Crippen LogP contribution < -0.4 is 5.32 Å². The van der Waals surface area contributed by atoms with E-state index in [1.807, 2.05) is 48.5 Å². The molecule has 5 nitrogen and oxygen atoms in total. The second-order valence-electron chi connectivity index (χ2n) is 7.94. The Morgan fingerprint density at radius 1 is 1.06 bits per heavy atom. The first-order valence-corrected chi connectivity index (χ1v) is 12.1. The van der Waals surface area contributed by atoms with Gasteiger partial charge in [-0.25, -0.2) is 0 Å². The summed E-state index contributed by atoms with van der Waals surface area (Å²) in [7, 11) is 0. The fourth-order valence-corrected chi connectivity index (χ4v) is 5.61. The third-order valence-electron chi connectivity index (χ3n) is 5.70. The molecule has 32 heavy (non-hydrogen) atoms. The molecule has 3 atom stereocenters. The Bertz CT molecular complexity index is 1010. The summed E-state index contributed by atoms with van der Waals surface area (Å²) in [6, 6.07) is 22.8. The number of amides is 2. The van der Waals surface area contributed by atoms with E-state index < -0.39 is 6.04 Å². The van der Waals surface area contributed by atoms with Crippen LogP contribution in [0.3, 0.4) is 0 Å². The standard InChI is InChI=1S/C26H28N2O3S/c1-2-10-24-28(26(30)23-15-9-16-31-23)22(18-32-24)25(29)27-21(20-13-7-4-8-14-20)17-19-11-5-3-6-12-19/h3-9,11-16,21-22,24H,2,10,17-18H2,1H3,(H,27,29). The molecule has 1 aliphatic rings. The minimum atomic E-state index is -0.531. The summed E-state index contributed by atoms with van der Waals surface area (Å²) in [5.74, 6) is 0.504. The van der Waals surface area contributed by atoms with Gasteiger partial charge in [0, 0.05) is 5.75 Å². The van der Waals surface area contributed by atoms with E-state index in [1.165, 1.54) is 6.26 Å². The predicted octanol–water partition coefficient (Wildman–Crippen LogP) is 5.06. The topological polar surface area (TPSA) is 62.6 Å². The van der Waals surface area contributed by atoms with E-state index >= 15 is 0 Å². The summed E-state index contributed by atoms with van der Waals surface area (Å²) in [5, 5.41) is 3.21. The molecule has 1 aromatic heterocycles. The van der Waals surface area contributed by atoms with Crippen molar-refractivity contribution in [3.63, 3.8) is 0 Å². The number of hydrogen-bond acceptors (Lipinski definition) is 4. The predicted molar refractivity (Wildman–Crippen MR) is 127 cm³/mol. The van der Waals surface area contributed by atoms with Gasteiger partial charge >= 0.3 is 0 Å². The third kappa shape index (κ3) is 5.07. The van der Waals surface area contributed by atoms with Crippen molar-refractivity contribution < 1.29 is 14.0 Å². The Labute approximate surface area is 193 Å². The average Bonchev–Trinajstić information content (AvgIpc) is 3.50. The van der Waals surface area contributed by atoms with E-state index in [2.05, 4.69) is 24.4 Å². The normalized spacial score (nSPS) is 19.0. The Morgan fingerprint density at radius 2 is 1.78 bits per heavy atom. The van der Waals surface area contributed by atoms with Crippen molar-refractivity contribution >= 4 is 23.6 Å². The molecule has 3 unspecified atom stereocenters. The molecule has 166 valence electrons. The number of carbonyl (C=O) groups excluding carboxylic acids is 2. The summed E-state index contributed by atoms with van der Waals surface area (Å²) in [4.78, 5) is 28.4. The van der Waals surface area contributed by atoms with Crippen LogP contribution in [-0.4, -0.2) is 33.9 Å². The highest BCUT2D eigenvalue weighted by Crippen LogP contribution is 2.34. The summed E-state index contributed by atoms with van der Waals surface area (Å²) >= 11 is 1.67. The number of nitrogens with one attached hydrogen (secondary N) is 1. The number of rotatable bonds is 8. The minimum Gasteiger partial charge on any atom is -0.459 e. The van der Waals surface area contributed by atoms with Crippen LogP contribution >= 0.6 is 11.8 Å². The monoisotopic (exact) mass is 448 g/mol. The van der Waals surface area contributed by atoms with Gasteiger partial charge in [-0.3, -0.25) is 9.59 Å². The zero-order chi connectivity index (χ0) is 22.3. The van der Waals surface area contributed by atoms with Gasteiger partial charge in [-0.2, -0.15) is 0 Å². The number of thioether (sulfide) groups is 1. The van der Waals surface area contributed by atoms with Crippen LogP contribution in [0, 0.1) is 0 Å². The van der Waals surface area contributed by atoms with Crippen LogP contribution in [0.2, 0.25) is 0 Å². The van der Waals surface area contributed by atoms with Crippen molar-refractivity contribution in [2.75, 3.05) is 5.75 Å². The zero-order valence-corrected chi connectivity index (χ0v) is 19.0. The van der Waals surface area contributed by atoms with Gasteiger partial charge in [0.1, 0.15) is 6.04 Å². The first-order chi connectivity index (χ1) is 15.7. The molecule has 1 N–H and O–H groups in total. The maximum absolute atomic E-state index is 13.5. The second kappa shape index (κ2) is 10.6. The highest BCUT2D eigenvalue weighted by molar-refractivity contribution is 8.00. The van der Waals surface area contributed by atoms with E-state index in [0.29, 0.717) is 12.2 Å². The van der Waals surface area contributed by atoms with Gasteiger partial charge in [0.15, 0.2) is 5.76 Å². The molecule has 0 aliphatic carbocycles. The molecule has 1 saturated heterocycles. The lowest BCUT2D eigenvalue weighted by atomic mass is 9.98. The van der Waals surface area contributed by atoms with Crippen LogP contribution in [0.5, 0.6) is 0 Å². The highest BCUT2D eigenvalue weighted by atomic mass is 32.2. The first-order valence-electron chi connectivity index (χ1n) is 11.0. The van der Waals surface area contributed by atoms with Crippen molar-refractivity contribution in [3.8, 4) is 0 Å². The summed E-state index contributed by atoms with van der Waals surface area (Å²) in [6.45, 7) is 2.09. The summed E-state index contributed by atoms with van der Waals surface area (Å²) < 4.78 is 5.36. The average molecular weight is 449 g/mol. The number of carbonyl (C=O) groups is 2. The maximum atomic E-state index is 13.5. The van der Waals surface area contributed by atoms with Gasteiger partial charge in [0.05, 0.1) is 17.7 Å². The quantitative estimate of drug-likeness (QED) is 0.523. The molecule has 0 spiro atoms. The molecule has 0 saturated carbocycles. The molecule has 4 rings (SSSR count). The van der Waals surface area contributed by atoms with Crippen molar-refractivity contribution in [2.45, 2.75) is 43.6 Å². The smallest absolute Gasteiger partial charge is 0.291 e. The molecule has 3 aromatic rings. The SMILES string of the molecule is CCCC1SCC(C(=O)NC(Cc2ccccc2)c2ccccc2)N1C(=O)c1ccco1. The van der Waals surface area contributed by atoms with Crippen LogP contribution in [0.25, 0.3) is 0 Å². The molecule has 0 radical (unpaired) electrons. The van der Waals surface area contributed by atoms with Crippen molar-refractivity contribution in [3.05, 3.63) is 95.9 Å². The van der Waals surface area contributed by atoms with Crippen LogP contribution in [-0.2, 0) is 11.2 Å². The van der Waals surface area contributed by atoms with Gasteiger partial charge in [0.25, 0.3) is 5.91 Å². The fourth-order valence-electron chi connectivity index (χ4n) is 4.09. The Hall–Kier alpha value is -2.99. The van der Waals surface area contributed by atoms with E-state index in [1.54, 1.807) is 28.8 Å². The third-order valence-corrected chi connectivity index (χ3v) is 7.05. The molecule has 2 heterocycles. The highest BCUT2D eigenvalue weighted by Gasteiger charge is 2.42. The molecule has 2 amide bonds. The van der Waals surface area contributed by atoms with Crippen molar-refractivity contribution in [1.82, 2.24) is 10.2 Å². The van der Waals surface area contributed by atoms with E-state index in [4.69, 9.17) is 4.42 Å². The second-order valence-corrected chi connectivity index (χ2v) is 9.15. The molecule has 6 heteroatoms. The van der Waals surface area contributed by atoms with Gasteiger partial charge < -0.3 is 14.6 Å². The largest absolute Gasteiger partial charge is 0.459 e. The lowest BCUT2D eigenvalue weighted by Crippen LogP contribution is -2.50. The Balaban J connectivity index is 1.56. The maximum Gasteiger partial charge on any atom is 0.291 e. The number of benzene rings is 2. The first kappa shape index (κ1) is 22.2. The lowest BCUT2D eigenvalue weighted by Gasteiger charge is -2.29. The Kier molecular flexibility index (Phi) is 7.32. The van der Waals surface area contributed by atoms with Gasteiger partial charge in [-0.1, -0.05) is 74.0 Å². The molecule has 1 fully saturated rings. The van der Waals surface area contributed by atoms with Crippen LogP contribution in [0.4, 0.5) is 0 Å². The molecule has 0 bridgehead atoms. The van der Waals surface area contributed by atoms with Gasteiger partial charge in [-0.15, -0.1) is 11.8 Å². The van der Waals surface area contributed by atoms with Gasteiger partial charge in [0.2, 0.25) is 5.91 Å². The number of furan rings is 1. The summed E-state index contributed by atoms with van der Waals surface area (Å²) in [5.41, 5.74) is 2.19. The van der Waals surface area contributed by atoms with Crippen molar-refractivity contribution in [1.29, 1.82) is 0 Å². The number of nitrogens with zero attached hydrogens (tertiary/aromatic N) is 1. The molecule has 2 aromatic carbocycles. The molecular formula is C26H28N2O3S. The number of hydrogen-bond donors (Lipinski definition) is 1. The van der Waals surface area contributed by atoms with Gasteiger partial charge in [-0.05, 0) is 36.1 Å². The lowest BCUT2D eigenvalue weighted by molar-refractivity contribution is -0.125. The molecular weight excluding hydrogens is 420 g/mol. The van der Waals surface area contributed by atoms with E-state index in [-0.39, 0.29) is 29.0 Å². The van der Waals surface area contributed by atoms with E-state index in [9.17, 15) is 9.59 Å². The Morgan fingerprint density at radius 3 is 2.44 bits per heavy atom. The zero-order valence-electron chi connectivity index (χ0n) is 18.1. The van der Waals surface area contributed by atoms with Crippen LogP contribution in [0.1, 0.15) is 47.5 Å². The van der Waals surface area contributed by atoms with E-state index in [0.717, 1.165) is 24.0 Å².